The summed E-state index contributed by atoms with van der Waals surface area (Å²) in [6.07, 6.45) is 12.8. The molecule has 0 saturated heterocycles. The predicted octanol–water partition coefficient (Wildman–Crippen LogP) is 3.61. The van der Waals surface area contributed by atoms with E-state index in [9.17, 15) is 14.4 Å². The fourth-order valence-electron chi connectivity index (χ4n) is 2.60. The molecule has 0 aromatic rings. The maximum absolute atomic E-state index is 12.4. The van der Waals surface area contributed by atoms with Gasteiger partial charge in [-0.15, -0.1) is 0 Å². The third-order valence-corrected chi connectivity index (χ3v) is 4.39. The lowest BCUT2D eigenvalue weighted by molar-refractivity contribution is -0.129. The van der Waals surface area contributed by atoms with Crippen LogP contribution in [0.25, 0.3) is 0 Å². The molecule has 0 radical (unpaired) electrons. The Balaban J connectivity index is 4.43. The highest BCUT2D eigenvalue weighted by Crippen LogP contribution is 2.03. The van der Waals surface area contributed by atoms with Crippen LogP contribution in [0.15, 0.2) is 12.2 Å². The average molecular weight is 396 g/mol. The fraction of sp³-hybridized carbons (Fsp3) is 0.773. The Bertz CT molecular complexity index is 464. The molecule has 0 bridgehead atoms. The van der Waals surface area contributed by atoms with Gasteiger partial charge in [-0.3, -0.25) is 14.4 Å². The number of hydrogen-bond acceptors (Lipinski definition) is 3. The highest BCUT2D eigenvalue weighted by atomic mass is 16.2. The summed E-state index contributed by atoms with van der Waals surface area (Å²) in [7, 11) is 0. The summed E-state index contributed by atoms with van der Waals surface area (Å²) in [6, 6.07) is -0.656. The zero-order valence-electron chi connectivity index (χ0n) is 18.1. The molecule has 0 aromatic heterocycles. The van der Waals surface area contributed by atoms with Gasteiger partial charge in [0.2, 0.25) is 17.7 Å². The summed E-state index contributed by atoms with van der Waals surface area (Å²) in [5.74, 6) is -0.410. The number of nitrogens with one attached hydrogen (secondary N) is 3. The highest BCUT2D eigenvalue weighted by Gasteiger charge is 2.21. The van der Waals surface area contributed by atoms with Gasteiger partial charge in [-0.2, -0.15) is 0 Å². The van der Waals surface area contributed by atoms with E-state index < -0.39 is 6.04 Å². The number of rotatable bonds is 17. The lowest BCUT2D eigenvalue weighted by Crippen LogP contribution is -2.47. The first-order valence-corrected chi connectivity index (χ1v) is 11.0. The molecule has 0 aliphatic carbocycles. The summed E-state index contributed by atoms with van der Waals surface area (Å²) in [5.41, 5.74) is 0. The number of allylic oxidation sites excluding steroid dienone is 2. The molecular formula is C22H41N3O3. The van der Waals surface area contributed by atoms with Crippen LogP contribution in [0.3, 0.4) is 0 Å². The maximum Gasteiger partial charge on any atom is 0.242 e. The van der Waals surface area contributed by atoms with E-state index in [4.69, 9.17) is 0 Å². The van der Waals surface area contributed by atoms with E-state index in [1.165, 1.54) is 0 Å². The van der Waals surface area contributed by atoms with Gasteiger partial charge in [-0.25, -0.2) is 0 Å². The number of hydrogen-bond donors (Lipinski definition) is 3. The molecule has 28 heavy (non-hydrogen) atoms. The Morgan fingerprint density at radius 1 is 0.750 bits per heavy atom. The van der Waals surface area contributed by atoms with Gasteiger partial charge in [0.05, 0.1) is 0 Å². The van der Waals surface area contributed by atoms with E-state index in [0.29, 0.717) is 25.9 Å². The largest absolute Gasteiger partial charge is 0.356 e. The van der Waals surface area contributed by atoms with Crippen LogP contribution in [0.5, 0.6) is 0 Å². The van der Waals surface area contributed by atoms with Crippen molar-refractivity contribution in [3.8, 4) is 0 Å². The van der Waals surface area contributed by atoms with Crippen LogP contribution in [0.4, 0.5) is 0 Å². The lowest BCUT2D eigenvalue weighted by atomic mass is 10.1. The minimum Gasteiger partial charge on any atom is -0.356 e. The quantitative estimate of drug-likeness (QED) is 0.260. The Labute approximate surface area is 171 Å². The Morgan fingerprint density at radius 3 is 2.04 bits per heavy atom. The SMILES string of the molecule is CCC/C=C/CCCC(=O)N[C@@H](CCC(=O)NCCCC)C(=O)NCCCC. The monoisotopic (exact) mass is 395 g/mol. The van der Waals surface area contributed by atoms with Crippen LogP contribution in [-0.4, -0.2) is 36.9 Å². The molecule has 0 unspecified atom stereocenters. The second-order valence-corrected chi connectivity index (χ2v) is 7.16. The normalized spacial score (nSPS) is 12.0. The van der Waals surface area contributed by atoms with Gasteiger partial charge in [0, 0.05) is 25.9 Å². The van der Waals surface area contributed by atoms with E-state index in [-0.39, 0.29) is 24.1 Å². The van der Waals surface area contributed by atoms with Gasteiger partial charge in [0.25, 0.3) is 0 Å². The molecule has 6 nitrogen and oxygen atoms in total. The number of carbonyl (C=O) groups is 3. The number of carbonyl (C=O) groups excluding carboxylic acids is 3. The van der Waals surface area contributed by atoms with E-state index >= 15 is 0 Å². The summed E-state index contributed by atoms with van der Waals surface area (Å²) in [6.45, 7) is 7.50. The highest BCUT2D eigenvalue weighted by molar-refractivity contribution is 5.88. The Hall–Kier alpha value is -1.85. The molecule has 0 saturated carbocycles. The first kappa shape index (κ1) is 26.1. The standard InChI is InChI=1S/C22H41N3O3/c1-4-7-10-11-12-13-14-21(27)25-19(22(28)24-18-9-6-3)15-16-20(26)23-17-8-5-2/h10-11,19H,4-9,12-18H2,1-3H3,(H,23,26)(H,24,28)(H,25,27)/b11-10+/t19-/m0/s1. The molecule has 0 heterocycles. The molecule has 0 aliphatic heterocycles. The van der Waals surface area contributed by atoms with E-state index in [2.05, 4.69) is 48.9 Å². The molecule has 3 N–H and O–H groups in total. The predicted molar refractivity (Wildman–Crippen MR) is 115 cm³/mol. The fourth-order valence-corrected chi connectivity index (χ4v) is 2.60. The van der Waals surface area contributed by atoms with E-state index in [1.807, 2.05) is 0 Å². The van der Waals surface area contributed by atoms with Crippen LogP contribution in [-0.2, 0) is 14.4 Å². The van der Waals surface area contributed by atoms with Crippen molar-refractivity contribution in [2.75, 3.05) is 13.1 Å². The van der Waals surface area contributed by atoms with Crippen molar-refractivity contribution >= 4 is 17.7 Å². The van der Waals surface area contributed by atoms with Crippen LogP contribution in [0.2, 0.25) is 0 Å². The summed E-state index contributed by atoms with van der Waals surface area (Å²) in [4.78, 5) is 36.5. The molecule has 0 fully saturated rings. The topological polar surface area (TPSA) is 87.3 Å². The summed E-state index contributed by atoms with van der Waals surface area (Å²) < 4.78 is 0. The molecule has 0 rings (SSSR count). The summed E-state index contributed by atoms with van der Waals surface area (Å²) >= 11 is 0. The van der Waals surface area contributed by atoms with Crippen molar-refractivity contribution in [2.24, 2.45) is 0 Å². The molecule has 3 amide bonds. The molecule has 0 aromatic carbocycles. The van der Waals surface area contributed by atoms with Crippen LogP contribution < -0.4 is 16.0 Å². The minimum absolute atomic E-state index is 0.0740. The Morgan fingerprint density at radius 2 is 1.39 bits per heavy atom. The van der Waals surface area contributed by atoms with Crippen molar-refractivity contribution in [1.82, 2.24) is 16.0 Å². The molecular weight excluding hydrogens is 354 g/mol. The van der Waals surface area contributed by atoms with Crippen molar-refractivity contribution in [2.45, 2.75) is 97.4 Å². The van der Waals surface area contributed by atoms with Crippen molar-refractivity contribution < 1.29 is 14.4 Å². The van der Waals surface area contributed by atoms with Crippen LogP contribution in [0, 0.1) is 0 Å². The van der Waals surface area contributed by atoms with E-state index in [0.717, 1.165) is 51.4 Å². The molecule has 6 heteroatoms. The van der Waals surface area contributed by atoms with Gasteiger partial charge < -0.3 is 16.0 Å². The molecule has 1 atom stereocenters. The third-order valence-electron chi connectivity index (χ3n) is 4.39. The molecule has 0 spiro atoms. The second-order valence-electron chi connectivity index (χ2n) is 7.16. The van der Waals surface area contributed by atoms with E-state index in [1.54, 1.807) is 0 Å². The van der Waals surface area contributed by atoms with Crippen LogP contribution in [0.1, 0.15) is 91.4 Å². The maximum atomic E-state index is 12.4. The molecule has 0 aliphatic rings. The molecule has 162 valence electrons. The first-order chi connectivity index (χ1) is 13.5. The zero-order valence-corrected chi connectivity index (χ0v) is 18.1. The van der Waals surface area contributed by atoms with Gasteiger partial charge in [-0.1, -0.05) is 52.2 Å². The van der Waals surface area contributed by atoms with Gasteiger partial charge in [0.15, 0.2) is 0 Å². The lowest BCUT2D eigenvalue weighted by Gasteiger charge is -2.18. The average Bonchev–Trinajstić information content (AvgIpc) is 2.68. The van der Waals surface area contributed by atoms with Gasteiger partial charge in [-0.05, 0) is 38.5 Å². The smallest absolute Gasteiger partial charge is 0.242 e. The van der Waals surface area contributed by atoms with Crippen molar-refractivity contribution in [3.05, 3.63) is 12.2 Å². The van der Waals surface area contributed by atoms with Crippen molar-refractivity contribution in [1.29, 1.82) is 0 Å². The second kappa shape index (κ2) is 18.5. The minimum atomic E-state index is -0.656. The van der Waals surface area contributed by atoms with Crippen molar-refractivity contribution in [3.63, 3.8) is 0 Å². The Kier molecular flexibility index (Phi) is 17.3. The third kappa shape index (κ3) is 15.2. The van der Waals surface area contributed by atoms with Crippen LogP contribution >= 0.6 is 0 Å². The number of amides is 3. The summed E-state index contributed by atoms with van der Waals surface area (Å²) in [5, 5.41) is 8.52. The van der Waals surface area contributed by atoms with Gasteiger partial charge in [0.1, 0.15) is 6.04 Å². The first-order valence-electron chi connectivity index (χ1n) is 11.0. The number of unbranched alkanes of at least 4 members (excludes halogenated alkanes) is 4. The van der Waals surface area contributed by atoms with Gasteiger partial charge >= 0.3 is 0 Å². The zero-order chi connectivity index (χ0) is 21.0.